The molecule has 8 nitrogen and oxygen atoms in total. The highest BCUT2D eigenvalue weighted by molar-refractivity contribution is 7.92. The number of ether oxygens (including phenoxy) is 1. The molecule has 4 aromatic rings. The fourth-order valence-corrected chi connectivity index (χ4v) is 6.78. The number of rotatable bonds is 14. The predicted octanol–water partition coefficient (Wildman–Crippen LogP) is 6.06. The Labute approximate surface area is 273 Å². The molecule has 9 heteroatoms. The summed E-state index contributed by atoms with van der Waals surface area (Å²) in [6.07, 6.45) is 0.956. The molecule has 242 valence electrons. The quantitative estimate of drug-likeness (QED) is 0.181. The number of hydrogen-bond donors (Lipinski definition) is 1. The molecule has 0 saturated heterocycles. The van der Waals surface area contributed by atoms with Crippen molar-refractivity contribution in [1.29, 1.82) is 0 Å². The SMILES string of the molecule is CCC(C)NC(=O)C(Cc1ccccc1)N(Cc1cccc(OC)c1)C(=O)CN(c1ccc(C)cc1C)S(=O)(=O)c1ccccc1. The average Bonchev–Trinajstić information content (AvgIpc) is 3.06. The third-order valence-corrected chi connectivity index (χ3v) is 9.76. The van der Waals surface area contributed by atoms with Crippen molar-refractivity contribution in [3.63, 3.8) is 0 Å². The molecular formula is C37H43N3O5S. The van der Waals surface area contributed by atoms with E-state index in [4.69, 9.17) is 4.74 Å². The number of amides is 2. The van der Waals surface area contributed by atoms with E-state index >= 15 is 0 Å². The maximum Gasteiger partial charge on any atom is 0.264 e. The Morgan fingerprint density at radius 1 is 0.848 bits per heavy atom. The second kappa shape index (κ2) is 15.6. The third-order valence-electron chi connectivity index (χ3n) is 7.99. The lowest BCUT2D eigenvalue weighted by atomic mass is 10.0. The number of nitrogens with one attached hydrogen (secondary N) is 1. The van der Waals surface area contributed by atoms with Crippen LogP contribution in [0.5, 0.6) is 5.75 Å². The van der Waals surface area contributed by atoms with Gasteiger partial charge >= 0.3 is 0 Å². The zero-order chi connectivity index (χ0) is 33.3. The molecule has 0 aliphatic carbocycles. The van der Waals surface area contributed by atoms with Crippen molar-refractivity contribution in [1.82, 2.24) is 10.2 Å². The van der Waals surface area contributed by atoms with E-state index in [1.54, 1.807) is 37.4 Å². The van der Waals surface area contributed by atoms with Crippen LogP contribution in [-0.4, -0.2) is 50.9 Å². The van der Waals surface area contributed by atoms with Gasteiger partial charge in [-0.05, 0) is 74.2 Å². The van der Waals surface area contributed by atoms with E-state index in [-0.39, 0.29) is 29.8 Å². The molecule has 2 unspecified atom stereocenters. The van der Waals surface area contributed by atoms with Gasteiger partial charge in [0.2, 0.25) is 11.8 Å². The molecule has 0 aliphatic rings. The van der Waals surface area contributed by atoms with Crippen LogP contribution in [0.25, 0.3) is 0 Å². The van der Waals surface area contributed by atoms with Crippen LogP contribution < -0.4 is 14.4 Å². The van der Waals surface area contributed by atoms with Crippen molar-refractivity contribution in [2.45, 2.75) is 64.1 Å². The van der Waals surface area contributed by atoms with Crippen molar-refractivity contribution in [2.75, 3.05) is 18.0 Å². The van der Waals surface area contributed by atoms with Gasteiger partial charge in [0.25, 0.3) is 10.0 Å². The largest absolute Gasteiger partial charge is 0.497 e. The topological polar surface area (TPSA) is 96.0 Å². The minimum absolute atomic E-state index is 0.0631. The lowest BCUT2D eigenvalue weighted by Gasteiger charge is -2.34. The second-order valence-corrected chi connectivity index (χ2v) is 13.4. The smallest absolute Gasteiger partial charge is 0.264 e. The maximum absolute atomic E-state index is 14.6. The van der Waals surface area contributed by atoms with Gasteiger partial charge in [-0.1, -0.05) is 85.3 Å². The van der Waals surface area contributed by atoms with Crippen LogP contribution in [0.15, 0.2) is 108 Å². The van der Waals surface area contributed by atoms with Crippen molar-refractivity contribution in [2.24, 2.45) is 0 Å². The molecule has 0 saturated carbocycles. The molecule has 0 heterocycles. The molecule has 4 aromatic carbocycles. The predicted molar refractivity (Wildman–Crippen MR) is 182 cm³/mol. The number of hydrogen-bond acceptors (Lipinski definition) is 5. The zero-order valence-corrected chi connectivity index (χ0v) is 28.0. The van der Waals surface area contributed by atoms with Gasteiger partial charge in [0.15, 0.2) is 0 Å². The number of methoxy groups -OCH3 is 1. The summed E-state index contributed by atoms with van der Waals surface area (Å²) in [6.45, 7) is 7.21. The molecule has 2 atom stereocenters. The van der Waals surface area contributed by atoms with Crippen LogP contribution >= 0.6 is 0 Å². The fourth-order valence-electron chi connectivity index (χ4n) is 5.28. The van der Waals surface area contributed by atoms with E-state index in [0.717, 1.165) is 21.0 Å². The minimum Gasteiger partial charge on any atom is -0.497 e. The Kier molecular flexibility index (Phi) is 11.6. The number of anilines is 1. The van der Waals surface area contributed by atoms with Gasteiger partial charge in [0.1, 0.15) is 18.3 Å². The van der Waals surface area contributed by atoms with Crippen LogP contribution in [0.2, 0.25) is 0 Å². The first-order valence-corrected chi connectivity index (χ1v) is 16.9. The van der Waals surface area contributed by atoms with Crippen molar-refractivity contribution >= 4 is 27.5 Å². The van der Waals surface area contributed by atoms with Crippen LogP contribution in [0.1, 0.15) is 42.5 Å². The lowest BCUT2D eigenvalue weighted by molar-refractivity contribution is -0.140. The van der Waals surface area contributed by atoms with Crippen LogP contribution in [0, 0.1) is 13.8 Å². The first-order chi connectivity index (χ1) is 22.0. The number of nitrogens with zero attached hydrogens (tertiary/aromatic N) is 2. The van der Waals surface area contributed by atoms with Gasteiger partial charge < -0.3 is 15.0 Å². The minimum atomic E-state index is -4.16. The summed E-state index contributed by atoms with van der Waals surface area (Å²) in [5.41, 5.74) is 3.69. The molecule has 0 radical (unpaired) electrons. The molecule has 1 N–H and O–H groups in total. The van der Waals surface area contributed by atoms with Crippen LogP contribution in [0.4, 0.5) is 5.69 Å². The van der Waals surface area contributed by atoms with Crippen molar-refractivity contribution in [3.05, 3.63) is 125 Å². The highest BCUT2D eigenvalue weighted by Crippen LogP contribution is 2.29. The molecule has 4 rings (SSSR count). The molecule has 0 fully saturated rings. The number of carbonyl (C=O) groups excluding carboxylic acids is 2. The average molecular weight is 642 g/mol. The normalized spacial score (nSPS) is 12.5. The van der Waals surface area contributed by atoms with Crippen molar-refractivity contribution < 1.29 is 22.7 Å². The van der Waals surface area contributed by atoms with E-state index < -0.39 is 28.5 Å². The van der Waals surface area contributed by atoms with Crippen LogP contribution in [-0.2, 0) is 32.6 Å². The maximum atomic E-state index is 14.6. The Balaban J connectivity index is 1.83. The van der Waals surface area contributed by atoms with Gasteiger partial charge in [-0.25, -0.2) is 8.42 Å². The molecule has 0 aliphatic heterocycles. The standard InChI is InChI=1S/C37H43N3O5S/c1-6-29(4)38-37(42)35(24-30-14-9-7-10-15-30)39(25-31-16-13-17-32(23-31)45-5)36(41)26-40(34-21-20-27(2)22-28(34)3)46(43,44)33-18-11-8-12-19-33/h7-23,29,35H,6,24-26H2,1-5H3,(H,38,42). The lowest BCUT2D eigenvalue weighted by Crippen LogP contribution is -2.54. The number of sulfonamides is 1. The van der Waals surface area contributed by atoms with Crippen molar-refractivity contribution in [3.8, 4) is 5.75 Å². The second-order valence-electron chi connectivity index (χ2n) is 11.5. The first-order valence-electron chi connectivity index (χ1n) is 15.4. The zero-order valence-electron chi connectivity index (χ0n) is 27.1. The first kappa shape index (κ1) is 34.2. The highest BCUT2D eigenvalue weighted by atomic mass is 32.2. The summed E-state index contributed by atoms with van der Waals surface area (Å²) in [5.74, 6) is -0.210. The Bertz CT molecular complexity index is 1730. The summed E-state index contributed by atoms with van der Waals surface area (Å²) in [7, 11) is -2.60. The van der Waals surface area contributed by atoms with E-state index in [1.165, 1.54) is 17.0 Å². The van der Waals surface area contributed by atoms with E-state index in [0.29, 0.717) is 23.4 Å². The Morgan fingerprint density at radius 2 is 1.50 bits per heavy atom. The van der Waals surface area contributed by atoms with Gasteiger partial charge in [-0.2, -0.15) is 0 Å². The summed E-state index contributed by atoms with van der Waals surface area (Å²) < 4.78 is 35.0. The molecule has 46 heavy (non-hydrogen) atoms. The van der Waals surface area contributed by atoms with Crippen LogP contribution in [0.3, 0.4) is 0 Å². The van der Waals surface area contributed by atoms with Gasteiger partial charge in [-0.15, -0.1) is 0 Å². The van der Waals surface area contributed by atoms with Gasteiger partial charge in [0, 0.05) is 19.0 Å². The number of aryl methyl sites for hydroxylation is 2. The summed E-state index contributed by atoms with van der Waals surface area (Å²) in [4.78, 5) is 30.2. The molecule has 2 amide bonds. The monoisotopic (exact) mass is 641 g/mol. The van der Waals surface area contributed by atoms with Gasteiger partial charge in [-0.3, -0.25) is 13.9 Å². The third kappa shape index (κ3) is 8.54. The molecule has 0 bridgehead atoms. The Hall–Kier alpha value is -4.63. The number of benzene rings is 4. The van der Waals surface area contributed by atoms with E-state index in [2.05, 4.69) is 5.32 Å². The molecular weight excluding hydrogens is 598 g/mol. The van der Waals surface area contributed by atoms with E-state index in [1.807, 2.05) is 88.4 Å². The molecule has 0 spiro atoms. The van der Waals surface area contributed by atoms with E-state index in [9.17, 15) is 18.0 Å². The number of carbonyl (C=O) groups is 2. The highest BCUT2D eigenvalue weighted by Gasteiger charge is 2.35. The summed E-state index contributed by atoms with van der Waals surface area (Å²) >= 11 is 0. The summed E-state index contributed by atoms with van der Waals surface area (Å²) in [6, 6.07) is 29.3. The Morgan fingerprint density at radius 3 is 2.13 bits per heavy atom. The summed E-state index contributed by atoms with van der Waals surface area (Å²) in [5, 5.41) is 3.06. The van der Waals surface area contributed by atoms with Gasteiger partial charge in [0.05, 0.1) is 17.7 Å². The molecule has 0 aromatic heterocycles. The fraction of sp³-hybridized carbons (Fsp3) is 0.297.